The third kappa shape index (κ3) is 1.93. The highest BCUT2D eigenvalue weighted by Crippen LogP contribution is 2.26. The summed E-state index contributed by atoms with van der Waals surface area (Å²) >= 11 is 0. The second-order valence-corrected chi connectivity index (χ2v) is 3.89. The molecule has 5 heteroatoms. The predicted octanol–water partition coefficient (Wildman–Crippen LogP) is 0.474. The van der Waals surface area contributed by atoms with Crippen LogP contribution in [0.2, 0.25) is 0 Å². The minimum Gasteiger partial charge on any atom is -0.476 e. The van der Waals surface area contributed by atoms with Crippen LogP contribution in [-0.2, 0) is 4.74 Å². The van der Waals surface area contributed by atoms with Gasteiger partial charge >= 0.3 is 0 Å². The van der Waals surface area contributed by atoms with E-state index in [1.165, 1.54) is 0 Å². The van der Waals surface area contributed by atoms with E-state index in [1.54, 1.807) is 12.1 Å². The number of hydrogen-bond acceptors (Lipinski definition) is 5. The molecule has 0 aromatic carbocycles. The lowest BCUT2D eigenvalue weighted by atomic mass is 9.90. The van der Waals surface area contributed by atoms with E-state index in [2.05, 4.69) is 17.1 Å². The standard InChI is InChI=1S/C9H13N3O2/c1-9(4-13-5-9)6-14-8-3-2-7(10)11-12-8/h2-3H,4-6H2,1H3,(H2,10,11). The lowest BCUT2D eigenvalue weighted by molar-refractivity contribution is -0.120. The summed E-state index contributed by atoms with van der Waals surface area (Å²) in [5.74, 6) is 0.905. The van der Waals surface area contributed by atoms with Crippen LogP contribution in [0.15, 0.2) is 12.1 Å². The third-order valence-electron chi connectivity index (χ3n) is 2.13. The Balaban J connectivity index is 1.88. The highest BCUT2D eigenvalue weighted by Gasteiger charge is 2.34. The van der Waals surface area contributed by atoms with Crippen LogP contribution in [-0.4, -0.2) is 30.0 Å². The van der Waals surface area contributed by atoms with Crippen molar-refractivity contribution in [2.45, 2.75) is 6.92 Å². The van der Waals surface area contributed by atoms with Gasteiger partial charge < -0.3 is 15.2 Å². The van der Waals surface area contributed by atoms with Gasteiger partial charge in [0.05, 0.1) is 19.8 Å². The molecule has 2 rings (SSSR count). The highest BCUT2D eigenvalue weighted by molar-refractivity contribution is 5.27. The van der Waals surface area contributed by atoms with Gasteiger partial charge in [0, 0.05) is 11.5 Å². The Morgan fingerprint density at radius 2 is 2.29 bits per heavy atom. The Kier molecular flexibility index (Phi) is 2.25. The molecular weight excluding hydrogens is 182 g/mol. The van der Waals surface area contributed by atoms with Crippen LogP contribution in [0, 0.1) is 5.41 Å². The average molecular weight is 195 g/mol. The van der Waals surface area contributed by atoms with Gasteiger partial charge in [-0.1, -0.05) is 6.92 Å². The van der Waals surface area contributed by atoms with E-state index >= 15 is 0 Å². The number of nitrogens with zero attached hydrogens (tertiary/aromatic N) is 2. The summed E-state index contributed by atoms with van der Waals surface area (Å²) in [4.78, 5) is 0. The monoisotopic (exact) mass is 195 g/mol. The zero-order valence-electron chi connectivity index (χ0n) is 8.06. The Bertz CT molecular complexity index is 308. The van der Waals surface area contributed by atoms with Crippen LogP contribution in [0.4, 0.5) is 5.82 Å². The SMILES string of the molecule is CC1(COc2ccc(N)nn2)COC1. The molecule has 1 aromatic rings. The van der Waals surface area contributed by atoms with Crippen molar-refractivity contribution in [3.05, 3.63) is 12.1 Å². The summed E-state index contributed by atoms with van der Waals surface area (Å²) in [6.45, 7) is 4.21. The molecule has 0 saturated carbocycles. The Labute approximate surface area is 82.2 Å². The number of aromatic nitrogens is 2. The molecule has 1 aliphatic rings. The van der Waals surface area contributed by atoms with Crippen molar-refractivity contribution in [1.29, 1.82) is 0 Å². The Morgan fingerprint density at radius 1 is 1.50 bits per heavy atom. The minimum absolute atomic E-state index is 0.128. The van der Waals surface area contributed by atoms with Gasteiger partial charge in [0.25, 0.3) is 0 Å². The number of ether oxygens (including phenoxy) is 2. The fourth-order valence-corrected chi connectivity index (χ4v) is 1.19. The van der Waals surface area contributed by atoms with E-state index in [-0.39, 0.29) is 5.41 Å². The number of anilines is 1. The molecule has 1 aromatic heterocycles. The van der Waals surface area contributed by atoms with Gasteiger partial charge in [-0.3, -0.25) is 0 Å². The third-order valence-corrected chi connectivity index (χ3v) is 2.13. The first-order chi connectivity index (χ1) is 6.68. The van der Waals surface area contributed by atoms with Gasteiger partial charge in [0.2, 0.25) is 5.88 Å². The van der Waals surface area contributed by atoms with Crippen LogP contribution >= 0.6 is 0 Å². The predicted molar refractivity (Wildman–Crippen MR) is 50.9 cm³/mol. The van der Waals surface area contributed by atoms with E-state index in [0.717, 1.165) is 13.2 Å². The second-order valence-electron chi connectivity index (χ2n) is 3.89. The van der Waals surface area contributed by atoms with Gasteiger partial charge in [0.15, 0.2) is 0 Å². The van der Waals surface area contributed by atoms with Crippen molar-refractivity contribution in [1.82, 2.24) is 10.2 Å². The molecule has 1 saturated heterocycles. The van der Waals surface area contributed by atoms with Crippen LogP contribution in [0.25, 0.3) is 0 Å². The van der Waals surface area contributed by atoms with Crippen LogP contribution in [0.5, 0.6) is 5.88 Å². The zero-order chi connectivity index (χ0) is 10.0. The molecule has 0 atom stereocenters. The van der Waals surface area contributed by atoms with E-state index in [4.69, 9.17) is 15.2 Å². The van der Waals surface area contributed by atoms with Crippen molar-refractivity contribution in [3.8, 4) is 5.88 Å². The topological polar surface area (TPSA) is 70.3 Å². The molecule has 14 heavy (non-hydrogen) atoms. The van der Waals surface area contributed by atoms with Gasteiger partial charge in [-0.25, -0.2) is 0 Å². The maximum atomic E-state index is 5.46. The van der Waals surface area contributed by atoms with Crippen LogP contribution < -0.4 is 10.5 Å². The molecule has 5 nitrogen and oxygen atoms in total. The van der Waals surface area contributed by atoms with Crippen molar-refractivity contribution < 1.29 is 9.47 Å². The largest absolute Gasteiger partial charge is 0.476 e. The molecule has 0 bridgehead atoms. The van der Waals surface area contributed by atoms with E-state index < -0.39 is 0 Å². The normalized spacial score (nSPS) is 18.6. The average Bonchev–Trinajstić information content (AvgIpc) is 2.14. The molecule has 0 unspecified atom stereocenters. The number of rotatable bonds is 3. The van der Waals surface area contributed by atoms with Gasteiger partial charge in [-0.15, -0.1) is 10.2 Å². The molecule has 0 spiro atoms. The minimum atomic E-state index is 0.128. The summed E-state index contributed by atoms with van der Waals surface area (Å²) in [5, 5.41) is 7.50. The fraction of sp³-hybridized carbons (Fsp3) is 0.556. The van der Waals surface area contributed by atoms with Gasteiger partial charge in [-0.05, 0) is 6.07 Å². The molecule has 2 heterocycles. The Morgan fingerprint density at radius 3 is 2.79 bits per heavy atom. The van der Waals surface area contributed by atoms with Crippen molar-refractivity contribution in [2.24, 2.45) is 5.41 Å². The molecule has 76 valence electrons. The van der Waals surface area contributed by atoms with Crippen molar-refractivity contribution >= 4 is 5.82 Å². The summed E-state index contributed by atoms with van der Waals surface area (Å²) in [7, 11) is 0. The van der Waals surface area contributed by atoms with Crippen molar-refractivity contribution in [2.75, 3.05) is 25.6 Å². The van der Waals surface area contributed by atoms with Gasteiger partial charge in [-0.2, -0.15) is 0 Å². The van der Waals surface area contributed by atoms with Crippen LogP contribution in [0.3, 0.4) is 0 Å². The summed E-state index contributed by atoms with van der Waals surface area (Å²) in [5.41, 5.74) is 5.52. The molecule has 0 radical (unpaired) electrons. The van der Waals surface area contributed by atoms with Gasteiger partial charge in [0.1, 0.15) is 5.82 Å². The number of hydrogen-bond donors (Lipinski definition) is 1. The van der Waals surface area contributed by atoms with E-state index in [9.17, 15) is 0 Å². The van der Waals surface area contributed by atoms with E-state index in [1.807, 2.05) is 0 Å². The summed E-state index contributed by atoms with van der Waals surface area (Å²) in [6.07, 6.45) is 0. The Hall–Kier alpha value is -1.36. The lowest BCUT2D eigenvalue weighted by Gasteiger charge is -2.37. The second kappa shape index (κ2) is 3.42. The molecule has 1 aliphatic heterocycles. The number of nitrogen functional groups attached to an aromatic ring is 1. The van der Waals surface area contributed by atoms with Crippen molar-refractivity contribution in [3.63, 3.8) is 0 Å². The first-order valence-corrected chi connectivity index (χ1v) is 4.48. The van der Waals surface area contributed by atoms with Crippen LogP contribution in [0.1, 0.15) is 6.92 Å². The smallest absolute Gasteiger partial charge is 0.233 e. The maximum absolute atomic E-state index is 5.46. The first-order valence-electron chi connectivity index (χ1n) is 4.48. The first kappa shape index (κ1) is 9.21. The molecule has 0 aliphatic carbocycles. The summed E-state index contributed by atoms with van der Waals surface area (Å²) < 4.78 is 10.6. The molecule has 2 N–H and O–H groups in total. The zero-order valence-corrected chi connectivity index (χ0v) is 8.06. The summed E-state index contributed by atoms with van der Waals surface area (Å²) in [6, 6.07) is 3.38. The molecular formula is C9H13N3O2. The quantitative estimate of drug-likeness (QED) is 0.759. The molecule has 0 amide bonds. The lowest BCUT2D eigenvalue weighted by Crippen LogP contribution is -2.44. The molecule has 1 fully saturated rings. The number of nitrogens with two attached hydrogens (primary N) is 1. The fourth-order valence-electron chi connectivity index (χ4n) is 1.19. The highest BCUT2D eigenvalue weighted by atomic mass is 16.5. The maximum Gasteiger partial charge on any atom is 0.233 e. The van der Waals surface area contributed by atoms with E-state index in [0.29, 0.717) is 18.3 Å².